The summed E-state index contributed by atoms with van der Waals surface area (Å²) in [5.41, 5.74) is 1.75. The minimum atomic E-state index is -2.80. The molecule has 6 nitrogen and oxygen atoms in total. The van der Waals surface area contributed by atoms with Gasteiger partial charge in [0.2, 0.25) is 5.91 Å². The van der Waals surface area contributed by atoms with Crippen molar-refractivity contribution >= 4 is 27.1 Å². The number of nitrogens with zero attached hydrogens (tertiary/aromatic N) is 2. The minimum Gasteiger partial charge on any atom is -0.356 e. The van der Waals surface area contributed by atoms with Gasteiger partial charge < -0.3 is 5.32 Å². The molecule has 8 heteroatoms. The lowest BCUT2D eigenvalue weighted by Crippen LogP contribution is -2.25. The number of hydrogen-bond acceptors (Lipinski definition) is 6. The summed E-state index contributed by atoms with van der Waals surface area (Å²) < 4.78 is 22.8. The summed E-state index contributed by atoms with van der Waals surface area (Å²) in [6.45, 7) is 0.603. The molecule has 0 bridgehead atoms. The van der Waals surface area contributed by atoms with Crippen LogP contribution >= 0.6 is 11.3 Å². The van der Waals surface area contributed by atoms with Gasteiger partial charge in [-0.25, -0.2) is 13.4 Å². The average molecular weight is 394 g/mol. The van der Waals surface area contributed by atoms with Gasteiger partial charge in [0, 0.05) is 24.5 Å². The SMILES string of the molecule is O=C(CCc1csc(-c2ccccn2)n1)NCCCC1CCS(=O)(=O)C1. The molecule has 1 fully saturated rings. The van der Waals surface area contributed by atoms with Crippen molar-refractivity contribution in [2.75, 3.05) is 18.1 Å². The summed E-state index contributed by atoms with van der Waals surface area (Å²) >= 11 is 1.54. The number of pyridine rings is 1. The van der Waals surface area contributed by atoms with Crippen LogP contribution in [0.25, 0.3) is 10.7 Å². The zero-order chi connectivity index (χ0) is 18.4. The zero-order valence-corrected chi connectivity index (χ0v) is 16.2. The molecule has 0 radical (unpaired) electrons. The second-order valence-electron chi connectivity index (χ2n) is 6.62. The lowest BCUT2D eigenvalue weighted by molar-refractivity contribution is -0.121. The van der Waals surface area contributed by atoms with E-state index in [4.69, 9.17) is 0 Å². The molecule has 1 amide bonds. The maximum Gasteiger partial charge on any atom is 0.220 e. The van der Waals surface area contributed by atoms with E-state index in [0.717, 1.165) is 35.7 Å². The van der Waals surface area contributed by atoms with Gasteiger partial charge in [0.25, 0.3) is 0 Å². The van der Waals surface area contributed by atoms with Crippen LogP contribution in [0.3, 0.4) is 0 Å². The van der Waals surface area contributed by atoms with Gasteiger partial charge in [0.1, 0.15) is 5.01 Å². The summed E-state index contributed by atoms with van der Waals surface area (Å²) in [6, 6.07) is 5.72. The first-order chi connectivity index (χ1) is 12.5. The van der Waals surface area contributed by atoms with Gasteiger partial charge in [0.05, 0.1) is 22.9 Å². The molecule has 1 N–H and O–H groups in total. The number of carbonyl (C=O) groups is 1. The highest BCUT2D eigenvalue weighted by Gasteiger charge is 2.27. The largest absolute Gasteiger partial charge is 0.356 e. The smallest absolute Gasteiger partial charge is 0.220 e. The van der Waals surface area contributed by atoms with Crippen LogP contribution in [0.5, 0.6) is 0 Å². The Balaban J connectivity index is 1.34. The zero-order valence-electron chi connectivity index (χ0n) is 14.6. The summed E-state index contributed by atoms with van der Waals surface area (Å²) in [5.74, 6) is 0.898. The van der Waals surface area contributed by atoms with Crippen LogP contribution in [0.4, 0.5) is 0 Å². The predicted octanol–water partition coefficient (Wildman–Crippen LogP) is 2.47. The van der Waals surface area contributed by atoms with Gasteiger partial charge in [-0.15, -0.1) is 11.3 Å². The highest BCUT2D eigenvalue weighted by atomic mass is 32.2. The number of amides is 1. The normalized spacial score (nSPS) is 18.7. The van der Waals surface area contributed by atoms with Gasteiger partial charge >= 0.3 is 0 Å². The van der Waals surface area contributed by atoms with E-state index < -0.39 is 9.84 Å². The summed E-state index contributed by atoms with van der Waals surface area (Å²) in [5, 5.41) is 5.75. The first kappa shape index (κ1) is 19.0. The Morgan fingerprint density at radius 3 is 2.96 bits per heavy atom. The summed E-state index contributed by atoms with van der Waals surface area (Å²) in [7, 11) is -2.80. The molecule has 0 saturated carbocycles. The Bertz CT molecular complexity index is 834. The Morgan fingerprint density at radius 1 is 1.35 bits per heavy atom. The van der Waals surface area contributed by atoms with Crippen molar-refractivity contribution in [3.63, 3.8) is 0 Å². The molecule has 26 heavy (non-hydrogen) atoms. The Hall–Kier alpha value is -1.80. The number of aryl methyl sites for hydroxylation is 1. The molecule has 1 aliphatic heterocycles. The number of rotatable bonds is 8. The van der Waals surface area contributed by atoms with Crippen LogP contribution in [0.1, 0.15) is 31.4 Å². The molecule has 1 unspecified atom stereocenters. The van der Waals surface area contributed by atoms with E-state index in [1.807, 2.05) is 23.6 Å². The van der Waals surface area contributed by atoms with Gasteiger partial charge in [-0.3, -0.25) is 9.78 Å². The molecule has 1 saturated heterocycles. The second-order valence-corrected chi connectivity index (χ2v) is 9.71. The van der Waals surface area contributed by atoms with Crippen LogP contribution in [-0.4, -0.2) is 42.3 Å². The molecule has 3 heterocycles. The quantitative estimate of drug-likeness (QED) is 0.696. The van der Waals surface area contributed by atoms with Gasteiger partial charge in [-0.1, -0.05) is 6.07 Å². The number of nitrogens with one attached hydrogen (secondary N) is 1. The van der Waals surface area contributed by atoms with Crippen LogP contribution in [0.2, 0.25) is 0 Å². The maximum atomic E-state index is 11.9. The van der Waals surface area contributed by atoms with E-state index >= 15 is 0 Å². The second kappa shape index (κ2) is 8.73. The van der Waals surface area contributed by atoms with Crippen molar-refractivity contribution in [2.45, 2.75) is 32.1 Å². The highest BCUT2D eigenvalue weighted by molar-refractivity contribution is 7.91. The fraction of sp³-hybridized carbons (Fsp3) is 0.500. The van der Waals surface area contributed by atoms with E-state index in [-0.39, 0.29) is 11.8 Å². The molecule has 2 aromatic rings. The fourth-order valence-electron chi connectivity index (χ4n) is 3.08. The van der Waals surface area contributed by atoms with Crippen molar-refractivity contribution in [3.8, 4) is 10.7 Å². The van der Waals surface area contributed by atoms with Crippen LogP contribution in [0, 0.1) is 5.92 Å². The van der Waals surface area contributed by atoms with Gasteiger partial charge in [-0.05, 0) is 43.7 Å². The summed E-state index contributed by atoms with van der Waals surface area (Å²) in [6.07, 6.45) is 5.20. The molecule has 0 aromatic carbocycles. The number of carbonyl (C=O) groups excluding carboxylic acids is 1. The Labute approximate surface area is 158 Å². The third kappa shape index (κ3) is 5.60. The predicted molar refractivity (Wildman–Crippen MR) is 103 cm³/mol. The maximum absolute atomic E-state index is 11.9. The fourth-order valence-corrected chi connectivity index (χ4v) is 5.82. The number of sulfone groups is 1. The molecule has 1 atom stereocenters. The average Bonchev–Trinajstić information content (AvgIpc) is 3.24. The third-order valence-corrected chi connectivity index (χ3v) is 7.23. The van der Waals surface area contributed by atoms with Crippen molar-refractivity contribution in [1.29, 1.82) is 0 Å². The van der Waals surface area contributed by atoms with Crippen molar-refractivity contribution < 1.29 is 13.2 Å². The first-order valence-corrected chi connectivity index (χ1v) is 11.5. The minimum absolute atomic E-state index is 0.0106. The van der Waals surface area contributed by atoms with E-state index in [1.165, 1.54) is 11.3 Å². The van der Waals surface area contributed by atoms with Crippen molar-refractivity contribution in [3.05, 3.63) is 35.5 Å². The van der Waals surface area contributed by atoms with Crippen LogP contribution in [0.15, 0.2) is 29.8 Å². The molecule has 3 rings (SSSR count). The summed E-state index contributed by atoms with van der Waals surface area (Å²) in [4.78, 5) is 20.8. The molecule has 0 spiro atoms. The molecular formula is C18H23N3O3S2. The van der Waals surface area contributed by atoms with E-state index in [9.17, 15) is 13.2 Å². The molecule has 1 aliphatic rings. The van der Waals surface area contributed by atoms with E-state index in [0.29, 0.717) is 30.9 Å². The lowest BCUT2D eigenvalue weighted by Gasteiger charge is -2.08. The van der Waals surface area contributed by atoms with E-state index in [2.05, 4.69) is 15.3 Å². The van der Waals surface area contributed by atoms with E-state index in [1.54, 1.807) is 6.20 Å². The molecular weight excluding hydrogens is 370 g/mol. The molecule has 0 aliphatic carbocycles. The number of aromatic nitrogens is 2. The van der Waals surface area contributed by atoms with Gasteiger partial charge in [0.15, 0.2) is 9.84 Å². The number of thiazole rings is 1. The van der Waals surface area contributed by atoms with Crippen LogP contribution < -0.4 is 5.32 Å². The lowest BCUT2D eigenvalue weighted by atomic mass is 10.0. The highest BCUT2D eigenvalue weighted by Crippen LogP contribution is 2.23. The van der Waals surface area contributed by atoms with Crippen LogP contribution in [-0.2, 0) is 21.1 Å². The molecule has 2 aromatic heterocycles. The number of hydrogen-bond donors (Lipinski definition) is 1. The Kier molecular flexibility index (Phi) is 6.37. The Morgan fingerprint density at radius 2 is 2.23 bits per heavy atom. The van der Waals surface area contributed by atoms with Crippen molar-refractivity contribution in [2.24, 2.45) is 5.92 Å². The third-order valence-electron chi connectivity index (χ3n) is 4.48. The standard InChI is InChI=1S/C18H23N3O3S2/c22-17(20-10-3-4-14-8-11-26(23,24)13-14)7-6-15-12-25-18(21-15)16-5-1-2-9-19-16/h1-2,5,9,12,14H,3-4,6-8,10-11,13H2,(H,20,22). The van der Waals surface area contributed by atoms with Crippen molar-refractivity contribution in [1.82, 2.24) is 15.3 Å². The monoisotopic (exact) mass is 393 g/mol. The first-order valence-electron chi connectivity index (χ1n) is 8.85. The topological polar surface area (TPSA) is 89.0 Å². The van der Waals surface area contributed by atoms with Gasteiger partial charge in [-0.2, -0.15) is 0 Å². The molecule has 140 valence electrons.